The Labute approximate surface area is 95.8 Å². The number of nitrogens with one attached hydrogen (secondary N) is 1. The molecule has 0 heterocycles. The first-order valence-electron chi connectivity index (χ1n) is 4.28. The molecule has 1 aromatic rings. The molecule has 0 atom stereocenters. The molecule has 0 aliphatic carbocycles. The van der Waals surface area contributed by atoms with Crippen LogP contribution < -0.4 is 5.43 Å². The summed E-state index contributed by atoms with van der Waals surface area (Å²) in [4.78, 5) is 10.7. The van der Waals surface area contributed by atoms with E-state index < -0.39 is 11.7 Å². The van der Waals surface area contributed by atoms with Gasteiger partial charge in [-0.25, -0.2) is 4.79 Å². The van der Waals surface area contributed by atoms with Crippen LogP contribution in [0.5, 0.6) is 5.75 Å². The molecule has 0 unspecified atom stereocenters. The molecule has 0 saturated carbocycles. The zero-order valence-electron chi connectivity index (χ0n) is 8.38. The fourth-order valence-electron chi connectivity index (χ4n) is 0.950. The highest BCUT2D eigenvalue weighted by Gasteiger charge is 2.07. The molecule has 0 aromatic heterocycles. The molecule has 0 aliphatic rings. The Kier molecular flexibility index (Phi) is 3.63. The fraction of sp³-hybridized carbons (Fsp3) is 0. The van der Waals surface area contributed by atoms with Crippen LogP contribution in [0.1, 0.15) is 10.4 Å². The highest BCUT2D eigenvalue weighted by molar-refractivity contribution is 6.10. The number of carboxylic acids is 1. The van der Waals surface area contributed by atoms with Gasteiger partial charge in [0.25, 0.3) is 0 Å². The van der Waals surface area contributed by atoms with E-state index in [9.17, 15) is 9.90 Å². The number of hydrogen-bond donors (Lipinski definition) is 3. The second-order valence-electron chi connectivity index (χ2n) is 2.83. The van der Waals surface area contributed by atoms with Crippen molar-refractivity contribution in [2.45, 2.75) is 0 Å². The van der Waals surface area contributed by atoms with Gasteiger partial charge in [-0.3, -0.25) is 5.43 Å². The summed E-state index contributed by atoms with van der Waals surface area (Å²) in [6, 6.07) is 6.52. The van der Waals surface area contributed by atoms with Gasteiger partial charge in [0.15, 0.2) is 0 Å². The van der Waals surface area contributed by atoms with Crippen LogP contribution in [0, 0.1) is 22.7 Å². The molecule has 1 aromatic carbocycles. The zero-order chi connectivity index (χ0) is 12.8. The first-order chi connectivity index (χ1) is 8.08. The van der Waals surface area contributed by atoms with Crippen molar-refractivity contribution in [3.63, 3.8) is 0 Å². The van der Waals surface area contributed by atoms with Gasteiger partial charge < -0.3 is 10.2 Å². The minimum Gasteiger partial charge on any atom is -0.506 e. The van der Waals surface area contributed by atoms with Gasteiger partial charge in [-0.2, -0.15) is 15.6 Å². The standard InChI is InChI=1S/C10H6N4O3/c11-4-7(5-12)13-14-8-3-6(10(16)17)1-2-9(8)15/h1-3,14-15H,(H,16,17). The third-order valence-corrected chi connectivity index (χ3v) is 1.74. The lowest BCUT2D eigenvalue weighted by molar-refractivity contribution is 0.0697. The minimum absolute atomic E-state index is 0.00657. The van der Waals surface area contributed by atoms with Crippen LogP contribution in [0.4, 0.5) is 5.69 Å². The number of phenols is 1. The lowest BCUT2D eigenvalue weighted by Crippen LogP contribution is -2.00. The fourth-order valence-corrected chi connectivity index (χ4v) is 0.950. The number of carbonyl (C=O) groups is 1. The molecule has 7 nitrogen and oxygen atoms in total. The Balaban J connectivity index is 3.04. The van der Waals surface area contributed by atoms with E-state index in [4.69, 9.17) is 15.6 Å². The highest BCUT2D eigenvalue weighted by atomic mass is 16.4. The normalized spacial score (nSPS) is 8.59. The minimum atomic E-state index is -1.17. The topological polar surface area (TPSA) is 130 Å². The maximum Gasteiger partial charge on any atom is 0.335 e. The van der Waals surface area contributed by atoms with Crippen molar-refractivity contribution < 1.29 is 15.0 Å². The van der Waals surface area contributed by atoms with E-state index in [0.29, 0.717) is 0 Å². The molecule has 0 saturated heterocycles. The molecule has 0 spiro atoms. The summed E-state index contributed by atoms with van der Waals surface area (Å²) in [6.45, 7) is 0. The van der Waals surface area contributed by atoms with Crippen molar-refractivity contribution in [1.29, 1.82) is 10.5 Å². The number of nitrogens with zero attached hydrogens (tertiary/aromatic N) is 3. The Morgan fingerprint density at radius 3 is 2.53 bits per heavy atom. The number of anilines is 1. The Hall–Kier alpha value is -3.06. The van der Waals surface area contributed by atoms with Crippen LogP contribution in [-0.4, -0.2) is 21.9 Å². The zero-order valence-corrected chi connectivity index (χ0v) is 8.38. The van der Waals surface area contributed by atoms with Crippen LogP contribution in [-0.2, 0) is 0 Å². The number of aromatic carboxylic acids is 1. The predicted molar refractivity (Wildman–Crippen MR) is 57.3 cm³/mol. The van der Waals surface area contributed by atoms with Gasteiger partial charge in [-0.1, -0.05) is 0 Å². The number of hydrazone groups is 1. The molecule has 17 heavy (non-hydrogen) atoms. The second kappa shape index (κ2) is 5.14. The molecule has 3 N–H and O–H groups in total. The third-order valence-electron chi connectivity index (χ3n) is 1.74. The van der Waals surface area contributed by atoms with E-state index >= 15 is 0 Å². The van der Waals surface area contributed by atoms with Gasteiger partial charge >= 0.3 is 5.97 Å². The van der Waals surface area contributed by atoms with Crippen molar-refractivity contribution in [2.24, 2.45) is 5.10 Å². The number of hydrogen-bond acceptors (Lipinski definition) is 6. The Morgan fingerprint density at radius 1 is 1.35 bits per heavy atom. The van der Waals surface area contributed by atoms with E-state index in [1.807, 2.05) is 0 Å². The molecule has 1 rings (SSSR count). The molecule has 0 amide bonds. The summed E-state index contributed by atoms with van der Waals surface area (Å²) in [5, 5.41) is 38.3. The molecule has 7 heteroatoms. The third kappa shape index (κ3) is 2.94. The number of aromatic hydroxyl groups is 1. The maximum atomic E-state index is 10.7. The maximum absolute atomic E-state index is 10.7. The van der Waals surface area contributed by atoms with Crippen LogP contribution in [0.25, 0.3) is 0 Å². The molecular weight excluding hydrogens is 224 g/mol. The van der Waals surface area contributed by atoms with Crippen molar-refractivity contribution in [2.75, 3.05) is 5.43 Å². The van der Waals surface area contributed by atoms with E-state index in [2.05, 4.69) is 10.5 Å². The summed E-state index contributed by atoms with van der Waals surface area (Å²) in [7, 11) is 0. The Morgan fingerprint density at radius 2 is 2.00 bits per heavy atom. The lowest BCUT2D eigenvalue weighted by Gasteiger charge is -2.04. The number of nitriles is 2. The average molecular weight is 230 g/mol. The molecule has 0 aliphatic heterocycles. The van der Waals surface area contributed by atoms with Crippen molar-refractivity contribution in [3.05, 3.63) is 23.8 Å². The van der Waals surface area contributed by atoms with E-state index in [1.54, 1.807) is 0 Å². The summed E-state index contributed by atoms with van der Waals surface area (Å²) in [5.41, 5.74) is 1.73. The predicted octanol–water partition coefficient (Wildman–Crippen LogP) is 0.905. The molecule has 0 fully saturated rings. The second-order valence-corrected chi connectivity index (χ2v) is 2.83. The molecule has 0 bridgehead atoms. The summed E-state index contributed by atoms with van der Waals surface area (Å²) in [6.07, 6.45) is 0. The molecule has 0 radical (unpaired) electrons. The van der Waals surface area contributed by atoms with Crippen LogP contribution in [0.2, 0.25) is 0 Å². The summed E-state index contributed by atoms with van der Waals surface area (Å²) in [5.74, 6) is -1.41. The number of benzene rings is 1. The smallest absolute Gasteiger partial charge is 0.335 e. The monoisotopic (exact) mass is 230 g/mol. The van der Waals surface area contributed by atoms with Crippen LogP contribution in [0.3, 0.4) is 0 Å². The SMILES string of the molecule is N#CC(C#N)=NNc1cc(C(=O)O)ccc1O. The van der Waals surface area contributed by atoms with Gasteiger partial charge in [0.2, 0.25) is 5.71 Å². The van der Waals surface area contributed by atoms with E-state index in [0.717, 1.165) is 6.07 Å². The highest BCUT2D eigenvalue weighted by Crippen LogP contribution is 2.24. The van der Waals surface area contributed by atoms with Crippen molar-refractivity contribution >= 4 is 17.4 Å². The largest absolute Gasteiger partial charge is 0.506 e. The van der Waals surface area contributed by atoms with Gasteiger partial charge in [-0.05, 0) is 18.2 Å². The van der Waals surface area contributed by atoms with Gasteiger partial charge in [0.05, 0.1) is 11.3 Å². The molecular formula is C10H6N4O3. The Bertz CT molecular complexity index is 550. The van der Waals surface area contributed by atoms with E-state index in [1.165, 1.54) is 24.3 Å². The van der Waals surface area contributed by atoms with Gasteiger partial charge in [0, 0.05) is 0 Å². The van der Waals surface area contributed by atoms with E-state index in [-0.39, 0.29) is 17.0 Å². The summed E-state index contributed by atoms with van der Waals surface area (Å²) < 4.78 is 0. The average Bonchev–Trinajstić information content (AvgIpc) is 2.32. The van der Waals surface area contributed by atoms with Gasteiger partial charge in [0.1, 0.15) is 17.9 Å². The lowest BCUT2D eigenvalue weighted by atomic mass is 10.2. The van der Waals surface area contributed by atoms with Crippen LogP contribution in [0.15, 0.2) is 23.3 Å². The quantitative estimate of drug-likeness (QED) is 0.402. The van der Waals surface area contributed by atoms with Crippen molar-refractivity contribution in [3.8, 4) is 17.9 Å². The molecule has 84 valence electrons. The number of rotatable bonds is 3. The van der Waals surface area contributed by atoms with Gasteiger partial charge in [-0.15, -0.1) is 0 Å². The summed E-state index contributed by atoms with van der Waals surface area (Å²) >= 11 is 0. The first kappa shape index (κ1) is 12.0. The number of phenolic OH excluding ortho intramolecular Hbond substituents is 1. The number of carboxylic acid groups (broad SMARTS) is 1. The van der Waals surface area contributed by atoms with Crippen LogP contribution >= 0.6 is 0 Å². The first-order valence-corrected chi connectivity index (χ1v) is 4.28. The van der Waals surface area contributed by atoms with Crippen molar-refractivity contribution in [1.82, 2.24) is 0 Å².